The minimum atomic E-state index is 0.680. The maximum atomic E-state index is 5.45. The van der Waals surface area contributed by atoms with E-state index in [2.05, 4.69) is 20.6 Å². The predicted molar refractivity (Wildman–Crippen MR) is 73.9 cm³/mol. The van der Waals surface area contributed by atoms with Gasteiger partial charge in [-0.05, 0) is 26.3 Å². The lowest BCUT2D eigenvalue weighted by molar-refractivity contribution is 0.198. The minimum Gasteiger partial charge on any atom is -0.385 e. The Morgan fingerprint density at radius 2 is 1.78 bits per heavy atom. The number of nitrogens with one attached hydrogen (secondary N) is 2. The van der Waals surface area contributed by atoms with E-state index in [1.807, 2.05) is 13.0 Å². The SMILES string of the molecule is COCCCNc1cc(NCCCN)nc(C)n1. The Hall–Kier alpha value is -1.40. The van der Waals surface area contributed by atoms with Gasteiger partial charge in [-0.3, -0.25) is 0 Å². The molecule has 0 aliphatic heterocycles. The number of ether oxygens (including phenoxy) is 1. The van der Waals surface area contributed by atoms with Crippen LogP contribution in [0.3, 0.4) is 0 Å². The van der Waals surface area contributed by atoms with E-state index < -0.39 is 0 Å². The molecule has 6 nitrogen and oxygen atoms in total. The molecule has 6 heteroatoms. The van der Waals surface area contributed by atoms with Crippen molar-refractivity contribution < 1.29 is 4.74 Å². The Bertz CT molecular complexity index is 345. The van der Waals surface area contributed by atoms with Crippen LogP contribution in [0, 0.1) is 6.92 Å². The summed E-state index contributed by atoms with van der Waals surface area (Å²) in [6.07, 6.45) is 1.88. The molecule has 4 N–H and O–H groups in total. The fourth-order valence-corrected chi connectivity index (χ4v) is 1.50. The monoisotopic (exact) mass is 253 g/mol. The number of methoxy groups -OCH3 is 1. The number of nitrogens with two attached hydrogens (primary N) is 1. The lowest BCUT2D eigenvalue weighted by Crippen LogP contribution is -2.11. The number of hydrogen-bond acceptors (Lipinski definition) is 6. The van der Waals surface area contributed by atoms with Gasteiger partial charge in [-0.25, -0.2) is 9.97 Å². The van der Waals surface area contributed by atoms with Crippen LogP contribution in [0.5, 0.6) is 0 Å². The van der Waals surface area contributed by atoms with Gasteiger partial charge in [-0.2, -0.15) is 0 Å². The molecule has 0 atom stereocenters. The molecule has 0 aliphatic carbocycles. The van der Waals surface area contributed by atoms with Crippen molar-refractivity contribution in [1.29, 1.82) is 0 Å². The molecule has 0 aromatic carbocycles. The summed E-state index contributed by atoms with van der Waals surface area (Å²) in [7, 11) is 1.70. The number of nitrogens with zero attached hydrogens (tertiary/aromatic N) is 2. The summed E-state index contributed by atoms with van der Waals surface area (Å²) in [6.45, 7) is 4.98. The summed E-state index contributed by atoms with van der Waals surface area (Å²) in [5.74, 6) is 2.43. The molecule has 1 rings (SSSR count). The zero-order chi connectivity index (χ0) is 13.2. The van der Waals surface area contributed by atoms with Gasteiger partial charge >= 0.3 is 0 Å². The number of anilines is 2. The van der Waals surface area contributed by atoms with Crippen LogP contribution in [0.1, 0.15) is 18.7 Å². The maximum absolute atomic E-state index is 5.45. The zero-order valence-corrected chi connectivity index (χ0v) is 11.2. The smallest absolute Gasteiger partial charge is 0.131 e. The maximum Gasteiger partial charge on any atom is 0.131 e. The molecule has 0 bridgehead atoms. The second-order valence-electron chi connectivity index (χ2n) is 4.03. The molecular formula is C12H23N5O. The number of aromatic nitrogens is 2. The Kier molecular flexibility index (Phi) is 7.05. The Morgan fingerprint density at radius 1 is 1.17 bits per heavy atom. The lowest BCUT2D eigenvalue weighted by Gasteiger charge is -2.09. The van der Waals surface area contributed by atoms with Crippen LogP contribution in [0.15, 0.2) is 6.07 Å². The summed E-state index contributed by atoms with van der Waals surface area (Å²) >= 11 is 0. The molecule has 0 spiro atoms. The van der Waals surface area contributed by atoms with E-state index in [0.717, 1.165) is 50.0 Å². The number of rotatable bonds is 9. The van der Waals surface area contributed by atoms with Crippen LogP contribution in [-0.2, 0) is 4.74 Å². The second kappa shape index (κ2) is 8.66. The largest absolute Gasteiger partial charge is 0.385 e. The zero-order valence-electron chi connectivity index (χ0n) is 11.2. The van der Waals surface area contributed by atoms with Crippen molar-refractivity contribution in [2.24, 2.45) is 5.73 Å². The van der Waals surface area contributed by atoms with Crippen molar-refractivity contribution in [1.82, 2.24) is 9.97 Å². The van der Waals surface area contributed by atoms with Crippen molar-refractivity contribution in [2.45, 2.75) is 19.8 Å². The highest BCUT2D eigenvalue weighted by molar-refractivity contribution is 5.47. The van der Waals surface area contributed by atoms with Crippen LogP contribution in [-0.4, -0.2) is 43.3 Å². The first-order valence-electron chi connectivity index (χ1n) is 6.28. The minimum absolute atomic E-state index is 0.680. The first kappa shape index (κ1) is 14.7. The van der Waals surface area contributed by atoms with Gasteiger partial charge in [0.05, 0.1) is 0 Å². The van der Waals surface area contributed by atoms with E-state index >= 15 is 0 Å². The molecule has 0 saturated carbocycles. The molecule has 0 amide bonds. The summed E-state index contributed by atoms with van der Waals surface area (Å²) in [6, 6.07) is 1.91. The van der Waals surface area contributed by atoms with Gasteiger partial charge in [0, 0.05) is 32.9 Å². The predicted octanol–water partition coefficient (Wildman–Crippen LogP) is 0.994. The summed E-state index contributed by atoms with van der Waals surface area (Å²) in [5, 5.41) is 6.49. The van der Waals surface area contributed by atoms with Crippen molar-refractivity contribution >= 4 is 11.6 Å². The van der Waals surface area contributed by atoms with E-state index in [4.69, 9.17) is 10.5 Å². The summed E-state index contributed by atoms with van der Waals surface area (Å²) < 4.78 is 5.00. The van der Waals surface area contributed by atoms with Gasteiger partial charge in [-0.1, -0.05) is 0 Å². The molecule has 0 radical (unpaired) electrons. The highest BCUT2D eigenvalue weighted by atomic mass is 16.5. The van der Waals surface area contributed by atoms with Crippen molar-refractivity contribution in [2.75, 3.05) is 44.0 Å². The first-order chi connectivity index (χ1) is 8.76. The van der Waals surface area contributed by atoms with E-state index in [0.29, 0.717) is 6.54 Å². The van der Waals surface area contributed by atoms with E-state index in [-0.39, 0.29) is 0 Å². The lowest BCUT2D eigenvalue weighted by atomic mass is 10.4. The van der Waals surface area contributed by atoms with Crippen molar-refractivity contribution in [3.05, 3.63) is 11.9 Å². The molecule has 1 heterocycles. The molecule has 0 unspecified atom stereocenters. The van der Waals surface area contributed by atoms with Gasteiger partial charge in [-0.15, -0.1) is 0 Å². The van der Waals surface area contributed by atoms with Gasteiger partial charge in [0.2, 0.25) is 0 Å². The number of hydrogen-bond donors (Lipinski definition) is 3. The topological polar surface area (TPSA) is 85.1 Å². The van der Waals surface area contributed by atoms with E-state index in [1.54, 1.807) is 7.11 Å². The molecule has 0 saturated heterocycles. The Balaban J connectivity index is 2.46. The fourth-order valence-electron chi connectivity index (χ4n) is 1.50. The second-order valence-corrected chi connectivity index (χ2v) is 4.03. The normalized spacial score (nSPS) is 10.4. The molecule has 1 aromatic rings. The van der Waals surface area contributed by atoms with Gasteiger partial charge in [0.1, 0.15) is 17.5 Å². The highest BCUT2D eigenvalue weighted by Gasteiger charge is 2.00. The standard InChI is InChI=1S/C12H23N5O/c1-10-16-11(14-6-3-5-13)9-12(17-10)15-7-4-8-18-2/h9H,3-8,13H2,1-2H3,(H2,14,15,16,17). The molecule has 1 aromatic heterocycles. The van der Waals surface area contributed by atoms with Crippen molar-refractivity contribution in [3.8, 4) is 0 Å². The highest BCUT2D eigenvalue weighted by Crippen LogP contribution is 2.10. The average Bonchev–Trinajstić information content (AvgIpc) is 2.34. The summed E-state index contributed by atoms with van der Waals surface area (Å²) in [5.41, 5.74) is 5.45. The van der Waals surface area contributed by atoms with Gasteiger partial charge < -0.3 is 21.1 Å². The van der Waals surface area contributed by atoms with Crippen LogP contribution >= 0.6 is 0 Å². The van der Waals surface area contributed by atoms with Crippen LogP contribution in [0.4, 0.5) is 11.6 Å². The number of aryl methyl sites for hydroxylation is 1. The van der Waals surface area contributed by atoms with E-state index in [1.165, 1.54) is 0 Å². The molecule has 102 valence electrons. The van der Waals surface area contributed by atoms with Crippen LogP contribution in [0.25, 0.3) is 0 Å². The van der Waals surface area contributed by atoms with Crippen LogP contribution < -0.4 is 16.4 Å². The quantitative estimate of drug-likeness (QED) is 0.569. The molecular weight excluding hydrogens is 230 g/mol. The Labute approximate surface area is 108 Å². The average molecular weight is 253 g/mol. The third-order valence-corrected chi connectivity index (χ3v) is 2.36. The summed E-state index contributed by atoms with van der Waals surface area (Å²) in [4.78, 5) is 8.65. The van der Waals surface area contributed by atoms with E-state index in [9.17, 15) is 0 Å². The molecule has 0 fully saturated rings. The van der Waals surface area contributed by atoms with Crippen molar-refractivity contribution in [3.63, 3.8) is 0 Å². The van der Waals surface area contributed by atoms with Gasteiger partial charge in [0.15, 0.2) is 0 Å². The van der Waals surface area contributed by atoms with Crippen LogP contribution in [0.2, 0.25) is 0 Å². The molecule has 18 heavy (non-hydrogen) atoms. The molecule has 0 aliphatic rings. The fraction of sp³-hybridized carbons (Fsp3) is 0.667. The van der Waals surface area contributed by atoms with Gasteiger partial charge in [0.25, 0.3) is 0 Å². The third-order valence-electron chi connectivity index (χ3n) is 2.36. The Morgan fingerprint density at radius 3 is 2.33 bits per heavy atom. The first-order valence-corrected chi connectivity index (χ1v) is 6.28. The third kappa shape index (κ3) is 5.79.